The summed E-state index contributed by atoms with van der Waals surface area (Å²) in [6.07, 6.45) is 0. The summed E-state index contributed by atoms with van der Waals surface area (Å²) in [5.74, 6) is -1.12. The maximum atomic E-state index is 13.4. The lowest BCUT2D eigenvalue weighted by atomic mass is 10.2. The van der Waals surface area contributed by atoms with Gasteiger partial charge in [0.15, 0.2) is 11.6 Å². The molecule has 2 atom stereocenters. The van der Waals surface area contributed by atoms with E-state index in [0.29, 0.717) is 22.9 Å². The summed E-state index contributed by atoms with van der Waals surface area (Å²) in [5, 5.41) is 19.4. The lowest BCUT2D eigenvalue weighted by Gasteiger charge is -2.24. The molecule has 0 aliphatic carbocycles. The minimum absolute atomic E-state index is 0.102. The van der Waals surface area contributed by atoms with E-state index in [0.717, 1.165) is 0 Å². The first kappa shape index (κ1) is 17.1. The maximum Gasteiger partial charge on any atom is 0.321 e. The van der Waals surface area contributed by atoms with Crippen LogP contribution in [0, 0.1) is 5.82 Å². The SMILES string of the molecule is CN(C[C@@H]1CSC(c2cccc(F)c2O)=N1)[C@H](CS)C(=O)O. The van der Waals surface area contributed by atoms with Crippen LogP contribution in [0.1, 0.15) is 5.56 Å². The highest BCUT2D eigenvalue weighted by atomic mass is 32.2. The number of phenols is 1. The molecule has 1 aromatic carbocycles. The number of para-hydroxylation sites is 1. The van der Waals surface area contributed by atoms with Crippen molar-refractivity contribution in [1.29, 1.82) is 0 Å². The topological polar surface area (TPSA) is 73.1 Å². The summed E-state index contributed by atoms with van der Waals surface area (Å²) >= 11 is 5.48. The van der Waals surface area contributed by atoms with Crippen LogP contribution >= 0.6 is 24.4 Å². The van der Waals surface area contributed by atoms with E-state index in [1.165, 1.54) is 23.9 Å². The molecule has 1 aliphatic rings. The van der Waals surface area contributed by atoms with E-state index in [-0.39, 0.29) is 11.8 Å². The number of thioether (sulfide) groups is 1. The largest absolute Gasteiger partial charge is 0.504 e. The fraction of sp³-hybridized carbons (Fsp3) is 0.429. The second-order valence-electron chi connectivity index (χ2n) is 5.01. The average molecular weight is 344 g/mol. The van der Waals surface area contributed by atoms with Crippen molar-refractivity contribution in [2.75, 3.05) is 25.1 Å². The van der Waals surface area contributed by atoms with Crippen molar-refractivity contribution in [2.45, 2.75) is 12.1 Å². The number of hydrogen-bond donors (Lipinski definition) is 3. The molecule has 0 spiro atoms. The van der Waals surface area contributed by atoms with Crippen LogP contribution in [0.5, 0.6) is 5.75 Å². The normalized spacial score (nSPS) is 19.3. The second-order valence-corrected chi connectivity index (χ2v) is 6.39. The highest BCUT2D eigenvalue weighted by molar-refractivity contribution is 8.14. The van der Waals surface area contributed by atoms with Gasteiger partial charge in [-0.3, -0.25) is 14.7 Å². The van der Waals surface area contributed by atoms with Gasteiger partial charge < -0.3 is 10.2 Å². The number of halogens is 1. The number of aliphatic imine (C=N–C) groups is 1. The van der Waals surface area contributed by atoms with E-state index in [4.69, 9.17) is 5.11 Å². The third kappa shape index (κ3) is 3.74. The number of carboxylic acid groups (broad SMARTS) is 1. The number of aliphatic carboxylic acids is 1. The molecule has 2 N–H and O–H groups in total. The van der Waals surface area contributed by atoms with E-state index in [1.807, 2.05) is 0 Å². The molecule has 8 heteroatoms. The molecule has 22 heavy (non-hydrogen) atoms. The van der Waals surface area contributed by atoms with Gasteiger partial charge in [-0.1, -0.05) is 6.07 Å². The number of benzene rings is 1. The van der Waals surface area contributed by atoms with E-state index >= 15 is 0 Å². The summed E-state index contributed by atoms with van der Waals surface area (Å²) < 4.78 is 13.4. The fourth-order valence-electron chi connectivity index (χ4n) is 2.21. The van der Waals surface area contributed by atoms with Crippen molar-refractivity contribution >= 4 is 35.4 Å². The molecule has 0 radical (unpaired) electrons. The van der Waals surface area contributed by atoms with Gasteiger partial charge in [0.2, 0.25) is 0 Å². The standard InChI is InChI=1S/C14H17FN2O3S2/c1-17(11(6-21)14(19)20)5-8-7-22-13(16-8)9-3-2-4-10(15)12(9)18/h2-4,8,11,18,21H,5-7H2,1H3,(H,19,20)/t8-,11-/m1/s1. The minimum Gasteiger partial charge on any atom is -0.504 e. The molecule has 0 saturated carbocycles. The monoisotopic (exact) mass is 344 g/mol. The Bertz CT molecular complexity index is 597. The Morgan fingerprint density at radius 3 is 3.00 bits per heavy atom. The van der Waals surface area contributed by atoms with Gasteiger partial charge in [-0.15, -0.1) is 11.8 Å². The quantitative estimate of drug-likeness (QED) is 0.685. The number of thiol groups is 1. The first-order valence-corrected chi connectivity index (χ1v) is 8.28. The number of carbonyl (C=O) groups is 1. The molecule has 1 heterocycles. The Hall–Kier alpha value is -1.25. The van der Waals surface area contributed by atoms with Crippen LogP contribution < -0.4 is 0 Å². The fourth-order valence-corrected chi connectivity index (χ4v) is 3.72. The first-order chi connectivity index (χ1) is 10.4. The molecule has 0 amide bonds. The predicted octanol–water partition coefficient (Wildman–Crippen LogP) is 1.71. The Balaban J connectivity index is 2.09. The average Bonchev–Trinajstić information content (AvgIpc) is 2.90. The molecule has 1 aromatic rings. The van der Waals surface area contributed by atoms with E-state index < -0.39 is 23.6 Å². The van der Waals surface area contributed by atoms with Gasteiger partial charge in [0.05, 0.1) is 11.6 Å². The van der Waals surface area contributed by atoms with Crippen LogP contribution in [-0.4, -0.2) is 63.3 Å². The maximum absolute atomic E-state index is 13.4. The van der Waals surface area contributed by atoms with Crippen LogP contribution in [0.3, 0.4) is 0 Å². The van der Waals surface area contributed by atoms with Gasteiger partial charge in [0.25, 0.3) is 0 Å². The number of phenolic OH excluding ortho intramolecular Hbond substituents is 1. The number of nitrogens with zero attached hydrogens (tertiary/aromatic N) is 2. The molecule has 0 aromatic heterocycles. The van der Waals surface area contributed by atoms with Crippen molar-refractivity contribution in [1.82, 2.24) is 4.90 Å². The first-order valence-electron chi connectivity index (χ1n) is 6.66. The van der Waals surface area contributed by atoms with Crippen LogP contribution in [0.15, 0.2) is 23.2 Å². The zero-order chi connectivity index (χ0) is 16.3. The Morgan fingerprint density at radius 1 is 1.64 bits per heavy atom. The van der Waals surface area contributed by atoms with Gasteiger partial charge >= 0.3 is 5.97 Å². The van der Waals surface area contributed by atoms with Gasteiger partial charge in [0.1, 0.15) is 11.1 Å². The van der Waals surface area contributed by atoms with Crippen molar-refractivity contribution in [3.63, 3.8) is 0 Å². The smallest absolute Gasteiger partial charge is 0.321 e. The van der Waals surface area contributed by atoms with Crippen molar-refractivity contribution < 1.29 is 19.4 Å². The Morgan fingerprint density at radius 2 is 2.36 bits per heavy atom. The zero-order valence-corrected chi connectivity index (χ0v) is 13.6. The predicted molar refractivity (Wildman–Crippen MR) is 88.8 cm³/mol. The number of likely N-dealkylation sites (N-methyl/N-ethyl adjacent to an activating group) is 1. The lowest BCUT2D eigenvalue weighted by molar-refractivity contribution is -0.141. The molecule has 1 aliphatic heterocycles. The summed E-state index contributed by atoms with van der Waals surface area (Å²) in [7, 11) is 1.72. The van der Waals surface area contributed by atoms with E-state index in [9.17, 15) is 14.3 Å². The third-order valence-corrected chi connectivity index (χ3v) is 4.91. The molecule has 120 valence electrons. The molecule has 2 rings (SSSR count). The third-order valence-electron chi connectivity index (χ3n) is 3.42. The van der Waals surface area contributed by atoms with Gasteiger partial charge in [-0.05, 0) is 19.2 Å². The van der Waals surface area contributed by atoms with E-state index in [1.54, 1.807) is 18.0 Å². The minimum atomic E-state index is -0.921. The summed E-state index contributed by atoms with van der Waals surface area (Å²) in [6.45, 7) is 0.462. The van der Waals surface area contributed by atoms with Crippen LogP contribution in [0.2, 0.25) is 0 Å². The van der Waals surface area contributed by atoms with Crippen LogP contribution in [0.4, 0.5) is 4.39 Å². The number of carboxylic acids is 1. The van der Waals surface area contributed by atoms with Crippen LogP contribution in [0.25, 0.3) is 0 Å². The second kappa shape index (κ2) is 7.34. The number of hydrogen-bond acceptors (Lipinski definition) is 6. The highest BCUT2D eigenvalue weighted by Crippen LogP contribution is 2.30. The summed E-state index contributed by atoms with van der Waals surface area (Å²) in [6, 6.07) is 3.55. The van der Waals surface area contributed by atoms with Gasteiger partial charge in [-0.25, -0.2) is 4.39 Å². The van der Waals surface area contributed by atoms with Crippen LogP contribution in [-0.2, 0) is 4.79 Å². The zero-order valence-electron chi connectivity index (χ0n) is 11.9. The number of rotatable bonds is 6. The van der Waals surface area contributed by atoms with Crippen molar-refractivity contribution in [3.05, 3.63) is 29.6 Å². The molecule has 0 bridgehead atoms. The Labute approximate surface area is 137 Å². The Kier molecular flexibility index (Phi) is 5.71. The van der Waals surface area contributed by atoms with Crippen molar-refractivity contribution in [3.8, 4) is 5.75 Å². The molecule has 0 saturated heterocycles. The lowest BCUT2D eigenvalue weighted by Crippen LogP contribution is -2.43. The van der Waals surface area contributed by atoms with Gasteiger partial charge in [0, 0.05) is 18.1 Å². The molecule has 5 nitrogen and oxygen atoms in total. The van der Waals surface area contributed by atoms with E-state index in [2.05, 4.69) is 17.6 Å². The number of aromatic hydroxyl groups is 1. The van der Waals surface area contributed by atoms with Crippen molar-refractivity contribution in [2.24, 2.45) is 4.99 Å². The molecular weight excluding hydrogens is 327 g/mol. The summed E-state index contributed by atoms with van der Waals surface area (Å²) in [5.41, 5.74) is 0.374. The molecule has 0 unspecified atom stereocenters. The summed E-state index contributed by atoms with van der Waals surface area (Å²) in [4.78, 5) is 17.3. The molecular formula is C14H17FN2O3S2. The highest BCUT2D eigenvalue weighted by Gasteiger charge is 2.27. The molecule has 0 fully saturated rings. The van der Waals surface area contributed by atoms with Gasteiger partial charge in [-0.2, -0.15) is 12.6 Å².